The smallest absolute Gasteiger partial charge is 0.0669 e. The van der Waals surface area contributed by atoms with Gasteiger partial charge in [-0.15, -0.1) is 0 Å². The van der Waals surface area contributed by atoms with Crippen LogP contribution in [0, 0.1) is 5.92 Å². The monoisotopic (exact) mass is 261 g/mol. The van der Waals surface area contributed by atoms with Crippen molar-refractivity contribution in [3.8, 4) is 0 Å². The van der Waals surface area contributed by atoms with E-state index >= 15 is 0 Å². The van der Waals surface area contributed by atoms with E-state index in [9.17, 15) is 5.11 Å². The van der Waals surface area contributed by atoms with Crippen molar-refractivity contribution in [1.29, 1.82) is 0 Å². The summed E-state index contributed by atoms with van der Waals surface area (Å²) in [4.78, 5) is 2.34. The average Bonchev–Trinajstić information content (AvgIpc) is 2.92. The van der Waals surface area contributed by atoms with Gasteiger partial charge in [0.15, 0.2) is 0 Å². The van der Waals surface area contributed by atoms with E-state index < -0.39 is 0 Å². The van der Waals surface area contributed by atoms with E-state index in [4.69, 9.17) is 0 Å². The van der Waals surface area contributed by atoms with Crippen molar-refractivity contribution in [1.82, 2.24) is 4.90 Å². The second-order valence-electron chi connectivity index (χ2n) is 5.85. The average molecular weight is 261 g/mol. The summed E-state index contributed by atoms with van der Waals surface area (Å²) >= 11 is 0. The zero-order chi connectivity index (χ0) is 13.5. The molecular formula is C17H27NO. The molecule has 1 aliphatic rings. The minimum Gasteiger partial charge on any atom is -0.392 e. The van der Waals surface area contributed by atoms with Crippen LogP contribution in [0.2, 0.25) is 0 Å². The summed E-state index contributed by atoms with van der Waals surface area (Å²) < 4.78 is 0. The number of aliphatic hydroxyl groups excluding tert-OH is 1. The minimum absolute atomic E-state index is 0.160. The lowest BCUT2D eigenvalue weighted by molar-refractivity contribution is 0.0903. The largest absolute Gasteiger partial charge is 0.392 e. The van der Waals surface area contributed by atoms with Crippen LogP contribution in [0.5, 0.6) is 0 Å². The molecule has 1 fully saturated rings. The molecule has 19 heavy (non-hydrogen) atoms. The first-order chi connectivity index (χ1) is 9.28. The van der Waals surface area contributed by atoms with Crippen molar-refractivity contribution in [2.75, 3.05) is 13.1 Å². The molecule has 0 aliphatic heterocycles. The molecule has 106 valence electrons. The van der Waals surface area contributed by atoms with Gasteiger partial charge in [0.1, 0.15) is 0 Å². The number of nitrogens with zero attached hydrogens (tertiary/aromatic N) is 1. The van der Waals surface area contributed by atoms with Gasteiger partial charge in [-0.25, -0.2) is 0 Å². The summed E-state index contributed by atoms with van der Waals surface area (Å²) in [5.74, 6) is 0.769. The second-order valence-corrected chi connectivity index (χ2v) is 5.85. The van der Waals surface area contributed by atoms with Gasteiger partial charge < -0.3 is 5.11 Å². The summed E-state index contributed by atoms with van der Waals surface area (Å²) in [5.41, 5.74) is 1.33. The molecule has 1 saturated carbocycles. The summed E-state index contributed by atoms with van der Waals surface area (Å²) in [5, 5.41) is 10.2. The third-order valence-corrected chi connectivity index (χ3v) is 4.25. The lowest BCUT2D eigenvalue weighted by Gasteiger charge is -2.25. The maximum absolute atomic E-state index is 10.2. The molecular weight excluding hydrogens is 234 g/mol. The zero-order valence-electron chi connectivity index (χ0n) is 12.1. The Morgan fingerprint density at radius 1 is 1.21 bits per heavy atom. The van der Waals surface area contributed by atoms with Crippen LogP contribution in [-0.4, -0.2) is 29.2 Å². The van der Waals surface area contributed by atoms with E-state index in [-0.39, 0.29) is 6.10 Å². The van der Waals surface area contributed by atoms with Crippen LogP contribution in [0.4, 0.5) is 0 Å². The Balaban J connectivity index is 1.77. The van der Waals surface area contributed by atoms with Crippen molar-refractivity contribution in [3.63, 3.8) is 0 Å². The highest BCUT2D eigenvalue weighted by molar-refractivity contribution is 5.14. The van der Waals surface area contributed by atoms with Gasteiger partial charge >= 0.3 is 0 Å². The number of likely N-dealkylation sites (N-methyl/N-ethyl adjacent to an activating group) is 1. The quantitative estimate of drug-likeness (QED) is 0.812. The van der Waals surface area contributed by atoms with E-state index in [0.717, 1.165) is 32.0 Å². The first-order valence-electron chi connectivity index (χ1n) is 7.72. The SMILES string of the molecule is CCN(Cc1ccccc1)CC(O)CC1CCCC1. The molecule has 1 unspecified atom stereocenters. The van der Waals surface area contributed by atoms with Crippen LogP contribution in [0.25, 0.3) is 0 Å². The number of hydrogen-bond donors (Lipinski definition) is 1. The van der Waals surface area contributed by atoms with Crippen molar-refractivity contribution in [2.45, 2.75) is 51.7 Å². The first kappa shape index (κ1) is 14.5. The van der Waals surface area contributed by atoms with E-state index in [1.54, 1.807) is 0 Å². The molecule has 0 radical (unpaired) electrons. The molecule has 2 rings (SSSR count). The van der Waals surface area contributed by atoms with Crippen molar-refractivity contribution in [2.24, 2.45) is 5.92 Å². The summed E-state index contributed by atoms with van der Waals surface area (Å²) in [6.07, 6.45) is 6.19. The second kappa shape index (κ2) is 7.66. The van der Waals surface area contributed by atoms with Crippen LogP contribution in [0.3, 0.4) is 0 Å². The topological polar surface area (TPSA) is 23.5 Å². The Bertz CT molecular complexity index is 346. The van der Waals surface area contributed by atoms with Gasteiger partial charge in [0.05, 0.1) is 6.10 Å². The predicted octanol–water partition coefficient (Wildman–Crippen LogP) is 3.45. The van der Waals surface area contributed by atoms with Gasteiger partial charge in [0, 0.05) is 13.1 Å². The number of benzene rings is 1. The van der Waals surface area contributed by atoms with Crippen LogP contribution in [0.15, 0.2) is 30.3 Å². The van der Waals surface area contributed by atoms with Gasteiger partial charge in [0.2, 0.25) is 0 Å². The lowest BCUT2D eigenvalue weighted by atomic mass is 10.00. The Morgan fingerprint density at radius 3 is 2.53 bits per heavy atom. The van der Waals surface area contributed by atoms with Gasteiger partial charge in [-0.1, -0.05) is 62.9 Å². The van der Waals surface area contributed by atoms with Crippen LogP contribution in [0.1, 0.15) is 44.6 Å². The van der Waals surface area contributed by atoms with E-state index in [1.807, 2.05) is 0 Å². The van der Waals surface area contributed by atoms with Crippen molar-refractivity contribution >= 4 is 0 Å². The van der Waals surface area contributed by atoms with Gasteiger partial charge in [-0.2, -0.15) is 0 Å². The zero-order valence-corrected chi connectivity index (χ0v) is 12.1. The maximum Gasteiger partial charge on any atom is 0.0669 e. The Kier molecular flexibility index (Phi) is 5.87. The predicted molar refractivity (Wildman–Crippen MR) is 80.0 cm³/mol. The molecule has 1 N–H and O–H groups in total. The molecule has 2 nitrogen and oxygen atoms in total. The normalized spacial score (nSPS) is 18.1. The molecule has 0 heterocycles. The number of rotatable bonds is 7. The molecule has 2 heteroatoms. The molecule has 0 amide bonds. The molecule has 0 saturated heterocycles. The molecule has 1 aromatic rings. The fourth-order valence-electron chi connectivity index (χ4n) is 3.15. The molecule has 0 bridgehead atoms. The van der Waals surface area contributed by atoms with Gasteiger partial charge in [0.25, 0.3) is 0 Å². The van der Waals surface area contributed by atoms with E-state index in [0.29, 0.717) is 0 Å². The molecule has 1 atom stereocenters. The lowest BCUT2D eigenvalue weighted by Crippen LogP contribution is -2.32. The van der Waals surface area contributed by atoms with Crippen molar-refractivity contribution < 1.29 is 5.11 Å². The molecule has 0 spiro atoms. The van der Waals surface area contributed by atoms with E-state index in [1.165, 1.54) is 31.2 Å². The standard InChI is InChI=1S/C17H27NO/c1-2-18(13-16-10-4-3-5-11-16)14-17(19)12-15-8-6-7-9-15/h3-5,10-11,15,17,19H,2,6-9,12-14H2,1H3. The van der Waals surface area contributed by atoms with Gasteiger partial charge in [-0.05, 0) is 24.4 Å². The maximum atomic E-state index is 10.2. The van der Waals surface area contributed by atoms with Crippen LogP contribution >= 0.6 is 0 Å². The first-order valence-corrected chi connectivity index (χ1v) is 7.72. The fourth-order valence-corrected chi connectivity index (χ4v) is 3.15. The third-order valence-electron chi connectivity index (χ3n) is 4.25. The molecule has 1 aromatic carbocycles. The Hall–Kier alpha value is -0.860. The Morgan fingerprint density at radius 2 is 1.89 bits per heavy atom. The summed E-state index contributed by atoms with van der Waals surface area (Å²) in [6.45, 7) is 4.92. The van der Waals surface area contributed by atoms with Crippen molar-refractivity contribution in [3.05, 3.63) is 35.9 Å². The Labute approximate surface area is 117 Å². The summed E-state index contributed by atoms with van der Waals surface area (Å²) in [7, 11) is 0. The number of aliphatic hydroxyl groups is 1. The molecule has 0 aromatic heterocycles. The van der Waals surface area contributed by atoms with E-state index in [2.05, 4.69) is 42.2 Å². The minimum atomic E-state index is -0.160. The third kappa shape index (κ3) is 4.96. The van der Waals surface area contributed by atoms with Gasteiger partial charge in [-0.3, -0.25) is 4.90 Å². The highest BCUT2D eigenvalue weighted by Crippen LogP contribution is 2.28. The highest BCUT2D eigenvalue weighted by atomic mass is 16.3. The van der Waals surface area contributed by atoms with Crippen LogP contribution in [-0.2, 0) is 6.54 Å². The highest BCUT2D eigenvalue weighted by Gasteiger charge is 2.20. The molecule has 1 aliphatic carbocycles. The fraction of sp³-hybridized carbons (Fsp3) is 0.647. The number of hydrogen-bond acceptors (Lipinski definition) is 2. The summed E-state index contributed by atoms with van der Waals surface area (Å²) in [6, 6.07) is 10.5. The van der Waals surface area contributed by atoms with Crippen LogP contribution < -0.4 is 0 Å².